The molecule has 0 bridgehead atoms. The summed E-state index contributed by atoms with van der Waals surface area (Å²) in [6.45, 7) is 6.85. The van der Waals surface area contributed by atoms with Crippen molar-refractivity contribution in [3.63, 3.8) is 0 Å². The molecule has 1 atom stereocenters. The Morgan fingerprint density at radius 3 is 2.69 bits per heavy atom. The van der Waals surface area contributed by atoms with Gasteiger partial charge in [0.1, 0.15) is 0 Å². The molecule has 0 aromatic carbocycles. The predicted octanol–water partition coefficient (Wildman–Crippen LogP) is 4.48. The van der Waals surface area contributed by atoms with Crippen LogP contribution in [-0.4, -0.2) is 0 Å². The smallest absolute Gasteiger partial charge is 0.0191 e. The molecule has 1 aliphatic carbocycles. The number of hydrogen-bond donors (Lipinski definition) is 0. The van der Waals surface area contributed by atoms with E-state index >= 15 is 0 Å². The standard InChI is InChI=1S/C13H22/c1-4-5-6-7-13-9-8-11(2)10-12(13)3/h8-9,12H,4-7,10H2,1-3H3. The SMILES string of the molecule is CCCCCC1=CC=C(C)CC1C. The number of rotatable bonds is 4. The predicted molar refractivity (Wildman–Crippen MR) is 59.8 cm³/mol. The van der Waals surface area contributed by atoms with E-state index in [0.29, 0.717) is 0 Å². The minimum Gasteiger partial charge on any atom is -0.0727 e. The molecule has 0 spiro atoms. The van der Waals surface area contributed by atoms with Gasteiger partial charge in [-0.25, -0.2) is 0 Å². The second-order valence-electron chi connectivity index (χ2n) is 4.32. The molecule has 0 heterocycles. The maximum absolute atomic E-state index is 2.36. The second-order valence-corrected chi connectivity index (χ2v) is 4.32. The van der Waals surface area contributed by atoms with Crippen LogP contribution in [0.1, 0.15) is 52.9 Å². The summed E-state index contributed by atoms with van der Waals surface area (Å²) in [5.41, 5.74) is 3.20. The highest BCUT2D eigenvalue weighted by Gasteiger charge is 2.11. The first kappa shape index (κ1) is 10.6. The summed E-state index contributed by atoms with van der Waals surface area (Å²) in [6.07, 6.45) is 11.3. The third-order valence-electron chi connectivity index (χ3n) is 2.91. The van der Waals surface area contributed by atoms with Gasteiger partial charge >= 0.3 is 0 Å². The fourth-order valence-corrected chi connectivity index (χ4v) is 2.00. The number of unbranched alkanes of at least 4 members (excludes halogenated alkanes) is 2. The molecule has 0 radical (unpaired) electrons. The number of allylic oxidation sites excluding steroid dienone is 4. The van der Waals surface area contributed by atoms with Gasteiger partial charge in [-0.1, -0.05) is 50.0 Å². The van der Waals surface area contributed by atoms with Crippen LogP contribution in [0.2, 0.25) is 0 Å². The Bertz CT molecular complexity index is 208. The summed E-state index contributed by atoms with van der Waals surface area (Å²) in [6, 6.07) is 0. The van der Waals surface area contributed by atoms with Gasteiger partial charge in [-0.3, -0.25) is 0 Å². The highest BCUT2D eigenvalue weighted by molar-refractivity contribution is 5.24. The van der Waals surface area contributed by atoms with Crippen molar-refractivity contribution in [3.8, 4) is 0 Å². The minimum atomic E-state index is 0.793. The Labute approximate surface area is 82.7 Å². The first-order chi connectivity index (χ1) is 6.24. The molecular formula is C13H22. The van der Waals surface area contributed by atoms with E-state index in [1.54, 1.807) is 5.57 Å². The lowest BCUT2D eigenvalue weighted by atomic mass is 9.86. The monoisotopic (exact) mass is 178 g/mol. The largest absolute Gasteiger partial charge is 0.0727 e. The summed E-state index contributed by atoms with van der Waals surface area (Å²) in [4.78, 5) is 0. The number of hydrogen-bond acceptors (Lipinski definition) is 0. The lowest BCUT2D eigenvalue weighted by Gasteiger charge is -2.19. The normalized spacial score (nSPS) is 22.5. The van der Waals surface area contributed by atoms with Crippen LogP contribution in [0.25, 0.3) is 0 Å². The molecule has 1 aliphatic rings. The van der Waals surface area contributed by atoms with Crippen molar-refractivity contribution in [2.75, 3.05) is 0 Å². The summed E-state index contributed by atoms with van der Waals surface area (Å²) in [7, 11) is 0. The van der Waals surface area contributed by atoms with Gasteiger partial charge in [0, 0.05) is 0 Å². The van der Waals surface area contributed by atoms with Gasteiger partial charge in [0.15, 0.2) is 0 Å². The van der Waals surface area contributed by atoms with Crippen molar-refractivity contribution in [1.82, 2.24) is 0 Å². The molecule has 0 saturated heterocycles. The minimum absolute atomic E-state index is 0.793. The molecule has 13 heavy (non-hydrogen) atoms. The molecule has 0 N–H and O–H groups in total. The van der Waals surface area contributed by atoms with Crippen molar-refractivity contribution >= 4 is 0 Å². The molecule has 0 aliphatic heterocycles. The highest BCUT2D eigenvalue weighted by atomic mass is 14.2. The van der Waals surface area contributed by atoms with Crippen LogP contribution in [0.3, 0.4) is 0 Å². The molecule has 74 valence electrons. The van der Waals surface area contributed by atoms with Crippen LogP contribution in [0, 0.1) is 5.92 Å². The van der Waals surface area contributed by atoms with Crippen molar-refractivity contribution in [2.45, 2.75) is 52.9 Å². The van der Waals surface area contributed by atoms with E-state index in [0.717, 1.165) is 5.92 Å². The maximum Gasteiger partial charge on any atom is -0.0191 e. The van der Waals surface area contributed by atoms with Crippen molar-refractivity contribution in [3.05, 3.63) is 23.3 Å². The van der Waals surface area contributed by atoms with E-state index in [9.17, 15) is 0 Å². The van der Waals surface area contributed by atoms with E-state index in [4.69, 9.17) is 0 Å². The Morgan fingerprint density at radius 1 is 1.31 bits per heavy atom. The third-order valence-corrected chi connectivity index (χ3v) is 2.91. The fraction of sp³-hybridized carbons (Fsp3) is 0.692. The molecule has 1 rings (SSSR count). The van der Waals surface area contributed by atoms with E-state index in [1.807, 2.05) is 0 Å². The third kappa shape index (κ3) is 3.38. The van der Waals surface area contributed by atoms with Gasteiger partial charge in [-0.05, 0) is 32.1 Å². The zero-order chi connectivity index (χ0) is 9.68. The fourth-order valence-electron chi connectivity index (χ4n) is 2.00. The van der Waals surface area contributed by atoms with Crippen LogP contribution in [-0.2, 0) is 0 Å². The molecule has 1 unspecified atom stereocenters. The molecule has 0 saturated carbocycles. The Morgan fingerprint density at radius 2 is 2.08 bits per heavy atom. The molecule has 0 aromatic rings. The van der Waals surface area contributed by atoms with Crippen LogP contribution >= 0.6 is 0 Å². The zero-order valence-electron chi connectivity index (χ0n) is 9.27. The Hall–Kier alpha value is -0.520. The van der Waals surface area contributed by atoms with Crippen molar-refractivity contribution < 1.29 is 0 Å². The molecular weight excluding hydrogens is 156 g/mol. The second kappa shape index (κ2) is 5.26. The van der Waals surface area contributed by atoms with Crippen LogP contribution in [0.5, 0.6) is 0 Å². The average Bonchev–Trinajstić information content (AvgIpc) is 2.09. The zero-order valence-corrected chi connectivity index (χ0v) is 9.27. The van der Waals surface area contributed by atoms with Gasteiger partial charge in [-0.15, -0.1) is 0 Å². The Kier molecular flexibility index (Phi) is 4.27. The summed E-state index contributed by atoms with van der Waals surface area (Å²) in [5.74, 6) is 0.793. The van der Waals surface area contributed by atoms with Crippen LogP contribution < -0.4 is 0 Å². The molecule has 0 heteroatoms. The van der Waals surface area contributed by atoms with Gasteiger partial charge in [0.05, 0.1) is 0 Å². The van der Waals surface area contributed by atoms with E-state index in [-0.39, 0.29) is 0 Å². The van der Waals surface area contributed by atoms with Crippen LogP contribution in [0.15, 0.2) is 23.3 Å². The first-order valence-electron chi connectivity index (χ1n) is 5.60. The van der Waals surface area contributed by atoms with Gasteiger partial charge in [0.2, 0.25) is 0 Å². The van der Waals surface area contributed by atoms with Gasteiger partial charge in [0.25, 0.3) is 0 Å². The molecule has 0 nitrogen and oxygen atoms in total. The van der Waals surface area contributed by atoms with Crippen molar-refractivity contribution in [2.24, 2.45) is 5.92 Å². The molecule has 0 aromatic heterocycles. The van der Waals surface area contributed by atoms with E-state index in [1.165, 1.54) is 37.7 Å². The van der Waals surface area contributed by atoms with Crippen LogP contribution in [0.4, 0.5) is 0 Å². The van der Waals surface area contributed by atoms with Gasteiger partial charge in [-0.2, -0.15) is 0 Å². The lowest BCUT2D eigenvalue weighted by Crippen LogP contribution is -2.04. The Balaban J connectivity index is 2.39. The average molecular weight is 178 g/mol. The quantitative estimate of drug-likeness (QED) is 0.557. The van der Waals surface area contributed by atoms with Crippen molar-refractivity contribution in [1.29, 1.82) is 0 Å². The summed E-state index contributed by atoms with van der Waals surface area (Å²) in [5, 5.41) is 0. The molecule has 0 fully saturated rings. The lowest BCUT2D eigenvalue weighted by molar-refractivity contribution is 0.599. The topological polar surface area (TPSA) is 0 Å². The summed E-state index contributed by atoms with van der Waals surface area (Å²) < 4.78 is 0. The molecule has 0 amide bonds. The van der Waals surface area contributed by atoms with Gasteiger partial charge < -0.3 is 0 Å². The first-order valence-corrected chi connectivity index (χ1v) is 5.60. The summed E-state index contributed by atoms with van der Waals surface area (Å²) >= 11 is 0. The van der Waals surface area contributed by atoms with E-state index in [2.05, 4.69) is 32.9 Å². The highest BCUT2D eigenvalue weighted by Crippen LogP contribution is 2.27. The maximum atomic E-state index is 2.36. The van der Waals surface area contributed by atoms with E-state index < -0.39 is 0 Å².